The van der Waals surface area contributed by atoms with Crippen molar-refractivity contribution in [3.63, 3.8) is 0 Å². The van der Waals surface area contributed by atoms with Gasteiger partial charge in [0, 0.05) is 25.4 Å². The lowest BCUT2D eigenvalue weighted by Crippen LogP contribution is -2.52. The summed E-state index contributed by atoms with van der Waals surface area (Å²) in [5.74, 6) is 0.100. The predicted molar refractivity (Wildman–Crippen MR) is 54.1 cm³/mol. The van der Waals surface area contributed by atoms with Crippen LogP contribution in [-0.4, -0.2) is 41.3 Å². The topological polar surface area (TPSA) is 43.8 Å². The van der Waals surface area contributed by atoms with E-state index in [4.69, 9.17) is 0 Å². The first kappa shape index (κ1) is 11.0. The summed E-state index contributed by atoms with van der Waals surface area (Å²) in [4.78, 5) is 14.9. The number of likely N-dealkylation sites (N-methyl/N-ethyl adjacent to an activating group) is 1. The van der Waals surface area contributed by atoms with Gasteiger partial charge in [0.25, 0.3) is 5.91 Å². The van der Waals surface area contributed by atoms with Crippen LogP contribution in [0.1, 0.15) is 20.8 Å². The fourth-order valence-electron chi connectivity index (χ4n) is 1.74. The van der Waals surface area contributed by atoms with Crippen LogP contribution in [0, 0.1) is 5.92 Å². The average molecular weight is 198 g/mol. The van der Waals surface area contributed by atoms with Crippen LogP contribution in [0.5, 0.6) is 0 Å². The van der Waals surface area contributed by atoms with Crippen molar-refractivity contribution in [3.8, 4) is 0 Å². The van der Waals surface area contributed by atoms with E-state index >= 15 is 0 Å². The number of hydrogen-bond acceptors (Lipinski definition) is 3. The Balaban J connectivity index is 3.17. The van der Waals surface area contributed by atoms with E-state index in [1.165, 1.54) is 4.90 Å². The van der Waals surface area contributed by atoms with Crippen LogP contribution < -0.4 is 0 Å². The molecule has 1 atom stereocenters. The number of hydrogen-bond donors (Lipinski definition) is 1. The molecule has 1 heterocycles. The lowest BCUT2D eigenvalue weighted by molar-refractivity contribution is -0.150. The number of aliphatic hydroxyl groups excluding tert-OH is 1. The second-order valence-electron chi connectivity index (χ2n) is 4.03. The monoisotopic (exact) mass is 198 g/mol. The SMILES string of the molecule is CC1=C(C(C)C)C(=O)N(C)C(O)N1C. The van der Waals surface area contributed by atoms with Crippen LogP contribution in [0.15, 0.2) is 11.3 Å². The zero-order valence-corrected chi connectivity index (χ0v) is 9.40. The maximum atomic E-state index is 11.8. The van der Waals surface area contributed by atoms with E-state index in [2.05, 4.69) is 0 Å². The fraction of sp³-hybridized carbons (Fsp3) is 0.700. The van der Waals surface area contributed by atoms with Crippen molar-refractivity contribution in [2.24, 2.45) is 5.92 Å². The van der Waals surface area contributed by atoms with Crippen molar-refractivity contribution in [3.05, 3.63) is 11.3 Å². The van der Waals surface area contributed by atoms with E-state index in [9.17, 15) is 9.90 Å². The number of aliphatic hydroxyl groups is 1. The molecule has 1 rings (SSSR count). The minimum atomic E-state index is -0.843. The highest BCUT2D eigenvalue weighted by Crippen LogP contribution is 2.25. The summed E-state index contributed by atoms with van der Waals surface area (Å²) in [6.45, 7) is 5.83. The number of carbonyl (C=O) groups excluding carboxylic acids is 1. The lowest BCUT2D eigenvalue weighted by atomic mass is 9.98. The molecule has 0 fully saturated rings. The maximum absolute atomic E-state index is 11.8. The van der Waals surface area contributed by atoms with Crippen molar-refractivity contribution < 1.29 is 9.90 Å². The second-order valence-corrected chi connectivity index (χ2v) is 4.03. The van der Waals surface area contributed by atoms with E-state index < -0.39 is 6.35 Å². The van der Waals surface area contributed by atoms with E-state index in [0.29, 0.717) is 0 Å². The molecule has 1 N–H and O–H groups in total. The van der Waals surface area contributed by atoms with Gasteiger partial charge in [-0.05, 0) is 12.8 Å². The molecule has 1 aliphatic heterocycles. The quantitative estimate of drug-likeness (QED) is 0.671. The number of nitrogens with zero attached hydrogens (tertiary/aromatic N) is 2. The summed E-state index contributed by atoms with van der Waals surface area (Å²) in [7, 11) is 3.39. The van der Waals surface area contributed by atoms with Crippen LogP contribution in [0.2, 0.25) is 0 Å². The molecule has 1 amide bonds. The summed E-state index contributed by atoms with van der Waals surface area (Å²) in [5, 5.41) is 9.68. The second kappa shape index (κ2) is 3.61. The molecule has 0 spiro atoms. The first-order valence-electron chi connectivity index (χ1n) is 4.76. The van der Waals surface area contributed by atoms with Gasteiger partial charge in [-0.25, -0.2) is 0 Å². The first-order chi connectivity index (χ1) is 6.37. The summed E-state index contributed by atoms with van der Waals surface area (Å²) >= 11 is 0. The van der Waals surface area contributed by atoms with Crippen LogP contribution in [0.3, 0.4) is 0 Å². The van der Waals surface area contributed by atoms with Crippen molar-refractivity contribution in [2.75, 3.05) is 14.1 Å². The molecule has 4 nitrogen and oxygen atoms in total. The number of amides is 1. The Morgan fingerprint density at radius 2 is 1.79 bits per heavy atom. The molecule has 0 aromatic heterocycles. The Bertz CT molecular complexity index is 284. The number of carbonyl (C=O) groups is 1. The van der Waals surface area contributed by atoms with Gasteiger partial charge in [0.15, 0.2) is 0 Å². The molecule has 0 saturated carbocycles. The zero-order chi connectivity index (χ0) is 11.0. The molecule has 0 aliphatic carbocycles. The number of allylic oxidation sites excluding steroid dienone is 1. The van der Waals surface area contributed by atoms with Crippen LogP contribution in [0.4, 0.5) is 0 Å². The minimum Gasteiger partial charge on any atom is -0.356 e. The third kappa shape index (κ3) is 1.50. The van der Waals surface area contributed by atoms with E-state index in [1.54, 1.807) is 19.0 Å². The molecule has 0 saturated heterocycles. The summed E-state index contributed by atoms with van der Waals surface area (Å²) in [5.41, 5.74) is 1.64. The van der Waals surface area contributed by atoms with Gasteiger partial charge in [-0.3, -0.25) is 9.69 Å². The average Bonchev–Trinajstić information content (AvgIpc) is 2.11. The molecule has 0 bridgehead atoms. The van der Waals surface area contributed by atoms with Crippen molar-refractivity contribution in [1.82, 2.24) is 9.80 Å². The predicted octanol–water partition coefficient (Wildman–Crippen LogP) is 0.596. The van der Waals surface area contributed by atoms with E-state index in [1.807, 2.05) is 20.8 Å². The Hall–Kier alpha value is -1.03. The zero-order valence-electron chi connectivity index (χ0n) is 9.40. The first-order valence-corrected chi connectivity index (χ1v) is 4.76. The highest BCUT2D eigenvalue weighted by atomic mass is 16.3. The van der Waals surface area contributed by atoms with Gasteiger partial charge in [0.05, 0.1) is 0 Å². The molecule has 0 aromatic rings. The number of rotatable bonds is 1. The van der Waals surface area contributed by atoms with Crippen molar-refractivity contribution in [2.45, 2.75) is 27.1 Å². The highest BCUT2D eigenvalue weighted by molar-refractivity contribution is 5.95. The normalized spacial score (nSPS) is 23.9. The standard InChI is InChI=1S/C10H18N2O2/c1-6(2)8-7(3)11(4)10(14)12(5)9(8)13/h6,10,14H,1-5H3. The van der Waals surface area contributed by atoms with Crippen molar-refractivity contribution in [1.29, 1.82) is 0 Å². The summed E-state index contributed by atoms with van der Waals surface area (Å²) < 4.78 is 0. The smallest absolute Gasteiger partial charge is 0.254 e. The minimum absolute atomic E-state index is 0.0805. The molecule has 4 heteroatoms. The molecule has 0 radical (unpaired) electrons. The van der Waals surface area contributed by atoms with Crippen molar-refractivity contribution >= 4 is 5.91 Å². The van der Waals surface area contributed by atoms with Gasteiger partial charge in [0.1, 0.15) is 0 Å². The summed E-state index contributed by atoms with van der Waals surface area (Å²) in [6, 6.07) is 0. The van der Waals surface area contributed by atoms with Gasteiger partial charge in [-0.1, -0.05) is 13.8 Å². The van der Waals surface area contributed by atoms with Gasteiger partial charge in [0.2, 0.25) is 6.35 Å². The van der Waals surface area contributed by atoms with Crippen LogP contribution in [0.25, 0.3) is 0 Å². The van der Waals surface area contributed by atoms with Gasteiger partial charge < -0.3 is 10.0 Å². The fourth-order valence-corrected chi connectivity index (χ4v) is 1.74. The molecule has 0 aromatic carbocycles. The Kier molecular flexibility index (Phi) is 2.85. The Morgan fingerprint density at radius 3 is 2.21 bits per heavy atom. The molecule has 1 unspecified atom stereocenters. The van der Waals surface area contributed by atoms with E-state index in [-0.39, 0.29) is 11.8 Å². The molecule has 80 valence electrons. The third-order valence-corrected chi connectivity index (χ3v) is 2.74. The lowest BCUT2D eigenvalue weighted by Gasteiger charge is -2.40. The summed E-state index contributed by atoms with van der Waals surface area (Å²) in [6.07, 6.45) is -0.843. The van der Waals surface area contributed by atoms with Crippen LogP contribution >= 0.6 is 0 Å². The molecule has 14 heavy (non-hydrogen) atoms. The maximum Gasteiger partial charge on any atom is 0.254 e. The van der Waals surface area contributed by atoms with Gasteiger partial charge in [-0.2, -0.15) is 0 Å². The Morgan fingerprint density at radius 1 is 1.29 bits per heavy atom. The Labute approximate surface area is 84.8 Å². The van der Waals surface area contributed by atoms with Gasteiger partial charge in [-0.15, -0.1) is 0 Å². The van der Waals surface area contributed by atoms with E-state index in [0.717, 1.165) is 11.3 Å². The molecule has 1 aliphatic rings. The largest absolute Gasteiger partial charge is 0.356 e. The van der Waals surface area contributed by atoms with Gasteiger partial charge >= 0.3 is 0 Å². The van der Waals surface area contributed by atoms with Crippen LogP contribution in [-0.2, 0) is 4.79 Å². The molecular formula is C10H18N2O2. The highest BCUT2D eigenvalue weighted by Gasteiger charge is 2.33. The third-order valence-electron chi connectivity index (χ3n) is 2.74. The molecular weight excluding hydrogens is 180 g/mol.